The van der Waals surface area contributed by atoms with Crippen molar-refractivity contribution in [2.75, 3.05) is 34.4 Å². The van der Waals surface area contributed by atoms with Crippen molar-refractivity contribution in [3.8, 4) is 11.8 Å². The van der Waals surface area contributed by atoms with Gasteiger partial charge in [0.05, 0.1) is 0 Å². The number of methoxy groups -OCH3 is 2. The molecule has 0 aliphatic heterocycles. The molecule has 0 unspecified atom stereocenters. The van der Waals surface area contributed by atoms with Gasteiger partial charge in [0.2, 0.25) is 0 Å². The molecule has 0 heterocycles. The molecule has 0 bridgehead atoms. The van der Waals surface area contributed by atoms with Crippen LogP contribution in [0.3, 0.4) is 0 Å². The molecule has 0 radical (unpaired) electrons. The topological polar surface area (TPSA) is 36.9 Å². The van der Waals surface area contributed by atoms with E-state index >= 15 is 0 Å². The Bertz CT molecular complexity index is 288. The van der Waals surface area contributed by atoms with Gasteiger partial charge in [-0.25, -0.2) is 0 Å². The lowest BCUT2D eigenvalue weighted by atomic mass is 10.1. The first-order valence-electron chi connectivity index (χ1n) is 9.50. The fourth-order valence-electron chi connectivity index (χ4n) is 2.37. The molecule has 24 heavy (non-hydrogen) atoms. The van der Waals surface area contributed by atoms with Crippen molar-refractivity contribution in [2.24, 2.45) is 0 Å². The van der Waals surface area contributed by atoms with Gasteiger partial charge >= 0.3 is 0 Å². The van der Waals surface area contributed by atoms with Crippen LogP contribution >= 0.6 is 0 Å². The van der Waals surface area contributed by atoms with Gasteiger partial charge in [0, 0.05) is 27.2 Å². The van der Waals surface area contributed by atoms with E-state index in [0.29, 0.717) is 13.6 Å². The van der Waals surface area contributed by atoms with E-state index in [2.05, 4.69) is 18.8 Å². The smallest absolute Gasteiger partial charge is 0.148 e. The van der Waals surface area contributed by atoms with Crippen LogP contribution in [0.15, 0.2) is 0 Å². The molecule has 0 saturated carbocycles. The first-order valence-corrected chi connectivity index (χ1v) is 9.50. The maximum absolute atomic E-state index is 5.59. The fraction of sp³-hybridized carbons (Fsp3) is 0.900. The summed E-state index contributed by atoms with van der Waals surface area (Å²) in [6, 6.07) is 0. The Labute approximate surface area is 149 Å². The molecule has 0 spiro atoms. The van der Waals surface area contributed by atoms with Gasteiger partial charge in [-0.1, -0.05) is 57.8 Å². The summed E-state index contributed by atoms with van der Waals surface area (Å²) < 4.78 is 20.7. The predicted molar refractivity (Wildman–Crippen MR) is 98.8 cm³/mol. The predicted octanol–water partition coefficient (Wildman–Crippen LogP) is 4.91. The minimum absolute atomic E-state index is 0.0326. The second-order valence-corrected chi connectivity index (χ2v) is 6.06. The lowest BCUT2D eigenvalue weighted by Gasteiger charge is -2.10. The van der Waals surface area contributed by atoms with E-state index in [0.717, 1.165) is 32.3 Å². The molecular formula is C20H38O4. The molecule has 0 amide bonds. The standard InChI is InChI=1S/C20H38O4/c1-4-5-15-20(24-19-22-3)16-13-11-9-7-6-8-10-12-14-17-23-18-21-2/h20H,4-12,14-15,17-19H2,1-3H3/t20-/m1/s1. The fourth-order valence-corrected chi connectivity index (χ4v) is 2.37. The lowest BCUT2D eigenvalue weighted by Crippen LogP contribution is -2.12. The average molecular weight is 343 g/mol. The SMILES string of the molecule is CCCC[C@H](C#CCCCCCCCCCOCOC)OCOC. The Hall–Kier alpha value is -0.600. The summed E-state index contributed by atoms with van der Waals surface area (Å²) >= 11 is 0. The van der Waals surface area contributed by atoms with E-state index in [-0.39, 0.29) is 6.10 Å². The van der Waals surface area contributed by atoms with E-state index in [1.54, 1.807) is 14.2 Å². The minimum atomic E-state index is 0.0326. The highest BCUT2D eigenvalue weighted by atomic mass is 16.7. The Kier molecular flexibility index (Phi) is 19.9. The zero-order valence-electron chi connectivity index (χ0n) is 16.1. The Morgan fingerprint density at radius 2 is 1.46 bits per heavy atom. The van der Waals surface area contributed by atoms with Gasteiger partial charge in [-0.2, -0.15) is 0 Å². The third kappa shape index (κ3) is 17.7. The maximum Gasteiger partial charge on any atom is 0.148 e. The zero-order chi connectivity index (χ0) is 17.7. The number of hydrogen-bond acceptors (Lipinski definition) is 4. The normalized spacial score (nSPS) is 12.0. The van der Waals surface area contributed by atoms with Crippen molar-refractivity contribution < 1.29 is 18.9 Å². The van der Waals surface area contributed by atoms with Gasteiger partial charge in [-0.05, 0) is 19.3 Å². The van der Waals surface area contributed by atoms with Crippen LogP contribution < -0.4 is 0 Å². The largest absolute Gasteiger partial charge is 0.359 e. The van der Waals surface area contributed by atoms with Gasteiger partial charge in [0.15, 0.2) is 0 Å². The molecule has 0 rings (SSSR count). The molecule has 0 fully saturated rings. The molecule has 4 heteroatoms. The first kappa shape index (κ1) is 23.4. The molecule has 0 saturated heterocycles. The van der Waals surface area contributed by atoms with Gasteiger partial charge in [0.1, 0.15) is 19.7 Å². The minimum Gasteiger partial charge on any atom is -0.359 e. The third-order valence-corrected chi connectivity index (χ3v) is 3.76. The van der Waals surface area contributed by atoms with Crippen LogP contribution in [-0.2, 0) is 18.9 Å². The highest BCUT2D eigenvalue weighted by molar-refractivity contribution is 5.05. The molecule has 0 N–H and O–H groups in total. The highest BCUT2D eigenvalue weighted by Gasteiger charge is 2.03. The van der Waals surface area contributed by atoms with Crippen molar-refractivity contribution in [2.45, 2.75) is 83.7 Å². The van der Waals surface area contributed by atoms with Crippen molar-refractivity contribution in [1.29, 1.82) is 0 Å². The molecule has 1 atom stereocenters. The summed E-state index contributed by atoms with van der Waals surface area (Å²) in [5.41, 5.74) is 0. The van der Waals surface area contributed by atoms with Crippen molar-refractivity contribution in [1.82, 2.24) is 0 Å². The molecular weight excluding hydrogens is 304 g/mol. The summed E-state index contributed by atoms with van der Waals surface area (Å²) in [4.78, 5) is 0. The van der Waals surface area contributed by atoms with E-state index in [9.17, 15) is 0 Å². The second kappa shape index (κ2) is 20.4. The first-order chi connectivity index (χ1) is 11.8. The van der Waals surface area contributed by atoms with Crippen molar-refractivity contribution >= 4 is 0 Å². The van der Waals surface area contributed by atoms with Crippen LogP contribution in [0.25, 0.3) is 0 Å². The molecule has 0 aromatic carbocycles. The Morgan fingerprint density at radius 1 is 0.792 bits per heavy atom. The van der Waals surface area contributed by atoms with Crippen LogP contribution in [0.1, 0.15) is 77.6 Å². The monoisotopic (exact) mass is 342 g/mol. The van der Waals surface area contributed by atoms with Crippen LogP contribution in [0.2, 0.25) is 0 Å². The number of unbranched alkanes of at least 4 members (excludes halogenated alkanes) is 8. The van der Waals surface area contributed by atoms with E-state index in [1.807, 2.05) is 0 Å². The van der Waals surface area contributed by atoms with Crippen LogP contribution in [0.4, 0.5) is 0 Å². The molecule has 142 valence electrons. The maximum atomic E-state index is 5.59. The summed E-state index contributed by atoms with van der Waals surface area (Å²) in [5.74, 6) is 6.52. The van der Waals surface area contributed by atoms with E-state index in [1.165, 1.54) is 44.9 Å². The Morgan fingerprint density at radius 3 is 2.12 bits per heavy atom. The summed E-state index contributed by atoms with van der Waals surface area (Å²) in [6.45, 7) is 3.75. The molecule has 0 aliphatic carbocycles. The zero-order valence-corrected chi connectivity index (χ0v) is 16.1. The molecule has 0 aliphatic rings. The van der Waals surface area contributed by atoms with Crippen LogP contribution in [-0.4, -0.2) is 40.5 Å². The third-order valence-electron chi connectivity index (χ3n) is 3.76. The van der Waals surface area contributed by atoms with Crippen molar-refractivity contribution in [3.63, 3.8) is 0 Å². The quantitative estimate of drug-likeness (QED) is 0.214. The molecule has 4 nitrogen and oxygen atoms in total. The number of ether oxygens (including phenoxy) is 4. The Balaban J connectivity index is 3.46. The molecule has 0 aromatic rings. The van der Waals surface area contributed by atoms with Crippen LogP contribution in [0.5, 0.6) is 0 Å². The number of hydrogen-bond donors (Lipinski definition) is 0. The molecule has 0 aromatic heterocycles. The van der Waals surface area contributed by atoms with Gasteiger partial charge in [-0.15, -0.1) is 5.92 Å². The van der Waals surface area contributed by atoms with Crippen molar-refractivity contribution in [3.05, 3.63) is 0 Å². The van der Waals surface area contributed by atoms with Crippen LogP contribution in [0, 0.1) is 11.8 Å². The van der Waals surface area contributed by atoms with Gasteiger partial charge < -0.3 is 18.9 Å². The lowest BCUT2D eigenvalue weighted by molar-refractivity contribution is -0.0547. The van der Waals surface area contributed by atoms with Gasteiger partial charge in [0.25, 0.3) is 0 Å². The average Bonchev–Trinajstić information content (AvgIpc) is 2.60. The summed E-state index contributed by atoms with van der Waals surface area (Å²) in [5, 5.41) is 0. The highest BCUT2D eigenvalue weighted by Crippen LogP contribution is 2.09. The summed E-state index contributed by atoms with van der Waals surface area (Å²) in [7, 11) is 3.30. The van der Waals surface area contributed by atoms with E-state index in [4.69, 9.17) is 18.9 Å². The van der Waals surface area contributed by atoms with E-state index < -0.39 is 0 Å². The van der Waals surface area contributed by atoms with Gasteiger partial charge in [-0.3, -0.25) is 0 Å². The summed E-state index contributed by atoms with van der Waals surface area (Å²) in [6.07, 6.45) is 13.1. The number of rotatable bonds is 17. The second-order valence-electron chi connectivity index (χ2n) is 6.06.